The number of nitrogens with one attached hydrogen (secondary N) is 1. The van der Waals surface area contributed by atoms with E-state index in [4.69, 9.17) is 9.26 Å². The summed E-state index contributed by atoms with van der Waals surface area (Å²) in [7, 11) is -3.47. The first-order valence-electron chi connectivity index (χ1n) is 7.49. The topological polar surface area (TPSA) is 118 Å². The van der Waals surface area contributed by atoms with E-state index in [-0.39, 0.29) is 23.1 Å². The summed E-state index contributed by atoms with van der Waals surface area (Å²) in [5, 5.41) is 10.3. The van der Waals surface area contributed by atoms with Crippen molar-refractivity contribution in [1.29, 1.82) is 0 Å². The molecule has 0 unspecified atom stereocenters. The van der Waals surface area contributed by atoms with Crippen molar-refractivity contribution in [3.8, 4) is 0 Å². The van der Waals surface area contributed by atoms with Crippen LogP contribution in [0.2, 0.25) is 0 Å². The van der Waals surface area contributed by atoms with Gasteiger partial charge in [0.05, 0.1) is 31.1 Å². The lowest BCUT2D eigenvalue weighted by Gasteiger charge is -2.34. The van der Waals surface area contributed by atoms with E-state index in [9.17, 15) is 13.2 Å². The van der Waals surface area contributed by atoms with Crippen LogP contribution in [-0.2, 0) is 21.0 Å². The van der Waals surface area contributed by atoms with Crippen LogP contribution in [0.5, 0.6) is 0 Å². The summed E-state index contributed by atoms with van der Waals surface area (Å²) in [5.41, 5.74) is 0.531. The third-order valence-corrected chi connectivity index (χ3v) is 5.01. The molecule has 0 saturated carbocycles. The van der Waals surface area contributed by atoms with Crippen LogP contribution in [0.3, 0.4) is 0 Å². The lowest BCUT2D eigenvalue weighted by Crippen LogP contribution is -2.44. The fourth-order valence-corrected chi connectivity index (χ4v) is 3.46. The molecule has 10 heteroatoms. The van der Waals surface area contributed by atoms with Crippen LogP contribution in [0.4, 0.5) is 0 Å². The van der Waals surface area contributed by atoms with Crippen molar-refractivity contribution in [2.24, 2.45) is 0 Å². The van der Waals surface area contributed by atoms with Crippen molar-refractivity contribution in [2.75, 3.05) is 26.0 Å². The van der Waals surface area contributed by atoms with E-state index in [2.05, 4.69) is 15.4 Å². The predicted octanol–water partition coefficient (Wildman–Crippen LogP) is 0.577. The second kappa shape index (κ2) is 6.36. The predicted molar refractivity (Wildman–Crippen MR) is 82.2 cm³/mol. The average Bonchev–Trinajstić information content (AvgIpc) is 3.22. The van der Waals surface area contributed by atoms with Gasteiger partial charge in [-0.2, -0.15) is 5.10 Å². The molecule has 2 aromatic heterocycles. The maximum Gasteiger partial charge on any atom is 0.276 e. The Morgan fingerprint density at radius 1 is 1.50 bits per heavy atom. The number of rotatable bonds is 4. The smallest absolute Gasteiger partial charge is 0.276 e. The van der Waals surface area contributed by atoms with E-state index in [1.54, 1.807) is 6.07 Å². The number of H-pyrrole nitrogens is 1. The zero-order valence-corrected chi connectivity index (χ0v) is 14.2. The SMILES string of the molecule is CCc1cc(C(=O)N2CCOC[C@@H]2c2[nH]ncc2S(C)(=O)=O)no1. The molecule has 9 nitrogen and oxygen atoms in total. The number of sulfone groups is 1. The van der Waals surface area contributed by atoms with Crippen molar-refractivity contribution in [3.63, 3.8) is 0 Å². The quantitative estimate of drug-likeness (QED) is 0.853. The number of aryl methyl sites for hydroxylation is 1. The first kappa shape index (κ1) is 16.7. The second-order valence-electron chi connectivity index (χ2n) is 5.54. The summed E-state index contributed by atoms with van der Waals surface area (Å²) in [6.07, 6.45) is 2.97. The highest BCUT2D eigenvalue weighted by atomic mass is 32.2. The Kier molecular flexibility index (Phi) is 4.41. The minimum atomic E-state index is -3.47. The summed E-state index contributed by atoms with van der Waals surface area (Å²) >= 11 is 0. The van der Waals surface area contributed by atoms with E-state index in [1.807, 2.05) is 6.92 Å². The molecule has 0 spiro atoms. The number of ether oxygens (including phenoxy) is 1. The van der Waals surface area contributed by atoms with Gasteiger partial charge in [0.1, 0.15) is 10.7 Å². The van der Waals surface area contributed by atoms with E-state index in [0.29, 0.717) is 31.0 Å². The van der Waals surface area contributed by atoms with Crippen LogP contribution in [-0.4, -0.2) is 60.6 Å². The number of hydrogen-bond acceptors (Lipinski definition) is 7. The van der Waals surface area contributed by atoms with Crippen LogP contribution < -0.4 is 0 Å². The van der Waals surface area contributed by atoms with Gasteiger partial charge < -0.3 is 14.2 Å². The first-order valence-corrected chi connectivity index (χ1v) is 9.38. The van der Waals surface area contributed by atoms with E-state index in [0.717, 1.165) is 6.26 Å². The molecule has 1 aliphatic rings. The van der Waals surface area contributed by atoms with Gasteiger partial charge in [0.25, 0.3) is 5.91 Å². The Morgan fingerprint density at radius 3 is 2.96 bits per heavy atom. The molecule has 0 radical (unpaired) electrons. The Hall–Kier alpha value is -2.20. The number of morpholine rings is 1. The molecule has 3 rings (SSSR count). The number of carbonyl (C=O) groups excluding carboxylic acids is 1. The summed E-state index contributed by atoms with van der Waals surface area (Å²) in [6, 6.07) is 1.01. The number of hydrogen-bond donors (Lipinski definition) is 1. The van der Waals surface area contributed by atoms with Crippen molar-refractivity contribution in [2.45, 2.75) is 24.3 Å². The van der Waals surface area contributed by atoms with Gasteiger partial charge in [-0.1, -0.05) is 12.1 Å². The van der Waals surface area contributed by atoms with Crippen LogP contribution in [0.25, 0.3) is 0 Å². The molecular weight excluding hydrogens is 336 g/mol. The molecule has 1 amide bonds. The number of aromatic amines is 1. The van der Waals surface area contributed by atoms with Crippen molar-refractivity contribution in [3.05, 3.63) is 29.4 Å². The number of nitrogens with zero attached hydrogens (tertiary/aromatic N) is 3. The van der Waals surface area contributed by atoms with Gasteiger partial charge in [0.2, 0.25) is 0 Å². The van der Waals surface area contributed by atoms with Crippen molar-refractivity contribution >= 4 is 15.7 Å². The maximum atomic E-state index is 12.8. The zero-order valence-electron chi connectivity index (χ0n) is 13.4. The molecule has 1 N–H and O–H groups in total. The molecule has 2 aromatic rings. The maximum absolute atomic E-state index is 12.8. The monoisotopic (exact) mass is 354 g/mol. The lowest BCUT2D eigenvalue weighted by atomic mass is 10.1. The Labute approximate surface area is 138 Å². The highest BCUT2D eigenvalue weighted by Gasteiger charge is 2.35. The van der Waals surface area contributed by atoms with Crippen LogP contribution >= 0.6 is 0 Å². The molecule has 24 heavy (non-hydrogen) atoms. The third kappa shape index (κ3) is 3.06. The van der Waals surface area contributed by atoms with E-state index < -0.39 is 15.9 Å². The zero-order chi connectivity index (χ0) is 17.3. The molecule has 3 heterocycles. The summed E-state index contributed by atoms with van der Waals surface area (Å²) in [5.74, 6) is 0.280. The summed E-state index contributed by atoms with van der Waals surface area (Å²) in [4.78, 5) is 14.4. The van der Waals surface area contributed by atoms with Crippen LogP contribution in [0.1, 0.15) is 34.9 Å². The third-order valence-electron chi connectivity index (χ3n) is 3.88. The fraction of sp³-hybridized carbons (Fsp3) is 0.500. The van der Waals surface area contributed by atoms with Crippen molar-refractivity contribution in [1.82, 2.24) is 20.3 Å². The van der Waals surface area contributed by atoms with Gasteiger partial charge in [-0.3, -0.25) is 9.89 Å². The molecule has 1 aliphatic heterocycles. The number of aromatic nitrogens is 3. The minimum absolute atomic E-state index is 0.0604. The van der Waals surface area contributed by atoms with Crippen LogP contribution in [0.15, 0.2) is 21.7 Å². The molecule has 0 aliphatic carbocycles. The Bertz CT molecular complexity index is 841. The second-order valence-corrected chi connectivity index (χ2v) is 7.53. The number of carbonyl (C=O) groups is 1. The Morgan fingerprint density at radius 2 is 2.29 bits per heavy atom. The average molecular weight is 354 g/mol. The lowest BCUT2D eigenvalue weighted by molar-refractivity contribution is -0.00518. The van der Waals surface area contributed by atoms with Gasteiger partial charge in [0, 0.05) is 25.3 Å². The molecular formula is C14H18N4O5S. The standard InChI is InChI=1S/C14H18N4O5S/c1-3-9-6-10(17-23-9)14(19)18-4-5-22-8-11(18)13-12(7-15-16-13)24(2,20)21/h6-7,11H,3-5,8H2,1-2H3,(H,15,16)/t11-/m1/s1. The van der Waals surface area contributed by atoms with Gasteiger partial charge >= 0.3 is 0 Å². The highest BCUT2D eigenvalue weighted by Crippen LogP contribution is 2.29. The van der Waals surface area contributed by atoms with Crippen molar-refractivity contribution < 1.29 is 22.5 Å². The van der Waals surface area contributed by atoms with Gasteiger partial charge in [-0.05, 0) is 0 Å². The van der Waals surface area contributed by atoms with Gasteiger partial charge in [-0.25, -0.2) is 8.42 Å². The van der Waals surface area contributed by atoms with Crippen LogP contribution in [0, 0.1) is 0 Å². The fourth-order valence-electron chi connectivity index (χ4n) is 2.63. The first-order chi connectivity index (χ1) is 11.4. The summed E-state index contributed by atoms with van der Waals surface area (Å²) in [6.45, 7) is 2.76. The summed E-state index contributed by atoms with van der Waals surface area (Å²) < 4.78 is 34.3. The van der Waals surface area contributed by atoms with E-state index >= 15 is 0 Å². The molecule has 130 valence electrons. The molecule has 0 bridgehead atoms. The normalized spacial score (nSPS) is 18.8. The number of amides is 1. The van der Waals surface area contributed by atoms with Gasteiger partial charge in [-0.15, -0.1) is 0 Å². The molecule has 1 saturated heterocycles. The molecule has 0 aromatic carbocycles. The molecule has 1 atom stereocenters. The highest BCUT2D eigenvalue weighted by molar-refractivity contribution is 7.90. The van der Waals surface area contributed by atoms with Gasteiger partial charge in [0.15, 0.2) is 15.5 Å². The van der Waals surface area contributed by atoms with E-state index in [1.165, 1.54) is 11.1 Å². The Balaban J connectivity index is 1.94. The largest absolute Gasteiger partial charge is 0.377 e. The minimum Gasteiger partial charge on any atom is -0.377 e. The molecule has 1 fully saturated rings.